The highest BCUT2D eigenvalue weighted by atomic mass is 16.6. The highest BCUT2D eigenvalue weighted by Crippen LogP contribution is 2.41. The van der Waals surface area contributed by atoms with Crippen molar-refractivity contribution >= 4 is 44.9 Å². The average Bonchev–Trinajstić information content (AvgIpc) is 3.02. The zero-order chi connectivity index (χ0) is 27.5. The summed E-state index contributed by atoms with van der Waals surface area (Å²) in [6.45, 7) is 0. The van der Waals surface area contributed by atoms with Crippen LogP contribution in [0.2, 0.25) is 0 Å². The first kappa shape index (κ1) is 24.9. The van der Waals surface area contributed by atoms with Gasteiger partial charge < -0.3 is 9.80 Å². The van der Waals surface area contributed by atoms with Gasteiger partial charge in [-0.25, -0.2) is 0 Å². The van der Waals surface area contributed by atoms with Crippen molar-refractivity contribution in [3.63, 3.8) is 0 Å². The molecule has 0 saturated heterocycles. The molecule has 0 aliphatic rings. The van der Waals surface area contributed by atoms with Crippen LogP contribution in [0.1, 0.15) is 0 Å². The Hall–Kier alpha value is -5.42. The number of benzene rings is 6. The van der Waals surface area contributed by atoms with Gasteiger partial charge in [0.05, 0.1) is 10.6 Å². The van der Waals surface area contributed by atoms with Crippen molar-refractivity contribution in [2.75, 3.05) is 16.8 Å². The number of nitrogens with zero attached hydrogens (tertiary/aromatic N) is 3. The zero-order valence-corrected chi connectivity index (χ0v) is 22.0. The van der Waals surface area contributed by atoms with E-state index in [-0.39, 0.29) is 10.6 Å². The fourth-order valence-corrected chi connectivity index (χ4v) is 5.08. The number of nitro benzene ring substituents is 1. The minimum absolute atomic E-state index is 0.0707. The lowest BCUT2D eigenvalue weighted by Gasteiger charge is -2.28. The summed E-state index contributed by atoms with van der Waals surface area (Å²) in [4.78, 5) is 15.2. The molecule has 6 rings (SSSR count). The predicted octanol–water partition coefficient (Wildman–Crippen LogP) is 9.65. The smallest absolute Gasteiger partial charge is 0.271 e. The number of anilines is 5. The van der Waals surface area contributed by atoms with Crippen LogP contribution in [0.15, 0.2) is 146 Å². The highest BCUT2D eigenvalue weighted by molar-refractivity contribution is 5.99. The average molecular weight is 522 g/mol. The summed E-state index contributed by atoms with van der Waals surface area (Å²) in [5.41, 5.74) is 7.21. The molecule has 0 atom stereocenters. The summed E-state index contributed by atoms with van der Waals surface area (Å²) in [7, 11) is 1.92. The third kappa shape index (κ3) is 4.88. The summed E-state index contributed by atoms with van der Waals surface area (Å²) in [5.74, 6) is 0. The summed E-state index contributed by atoms with van der Waals surface area (Å²) >= 11 is 0. The quantitative estimate of drug-likeness (QED) is 0.155. The molecule has 0 unspecified atom stereocenters. The van der Waals surface area contributed by atoms with Crippen LogP contribution in [0.5, 0.6) is 0 Å². The molecule has 0 saturated carbocycles. The van der Waals surface area contributed by atoms with Gasteiger partial charge in [-0.3, -0.25) is 10.1 Å². The second-order valence-corrected chi connectivity index (χ2v) is 9.60. The van der Waals surface area contributed by atoms with E-state index in [9.17, 15) is 10.1 Å². The van der Waals surface area contributed by atoms with Crippen LogP contribution in [0.25, 0.3) is 21.9 Å². The molecule has 194 valence electrons. The van der Waals surface area contributed by atoms with Gasteiger partial charge in [0.2, 0.25) is 0 Å². The fraction of sp³-hybridized carbons (Fsp3) is 0.0286. The van der Waals surface area contributed by atoms with Crippen molar-refractivity contribution < 1.29 is 4.92 Å². The molecule has 0 aliphatic carbocycles. The first-order valence-corrected chi connectivity index (χ1v) is 13.1. The van der Waals surface area contributed by atoms with Crippen LogP contribution in [0.4, 0.5) is 34.1 Å². The van der Waals surface area contributed by atoms with Crippen molar-refractivity contribution in [1.29, 1.82) is 0 Å². The van der Waals surface area contributed by atoms with Gasteiger partial charge in [-0.05, 0) is 65.0 Å². The minimum Gasteiger partial charge on any atom is -0.344 e. The Kier molecular flexibility index (Phi) is 6.69. The van der Waals surface area contributed by atoms with Crippen molar-refractivity contribution in [2.24, 2.45) is 0 Å². The molecule has 0 bridgehead atoms. The number of rotatable bonds is 7. The topological polar surface area (TPSA) is 49.6 Å². The molecule has 0 radical (unpaired) electrons. The highest BCUT2D eigenvalue weighted by Gasteiger charge is 2.17. The Labute approximate surface area is 233 Å². The lowest BCUT2D eigenvalue weighted by Crippen LogP contribution is -2.12. The van der Waals surface area contributed by atoms with E-state index < -0.39 is 0 Å². The molecule has 0 heterocycles. The number of fused-ring (bicyclic) bond motifs is 1. The molecule has 6 aromatic rings. The van der Waals surface area contributed by atoms with Gasteiger partial charge in [-0.1, -0.05) is 84.9 Å². The molecule has 0 fully saturated rings. The molecule has 0 N–H and O–H groups in total. The Morgan fingerprint density at radius 3 is 1.98 bits per heavy atom. The van der Waals surface area contributed by atoms with Gasteiger partial charge >= 0.3 is 0 Å². The first-order valence-electron chi connectivity index (χ1n) is 13.1. The van der Waals surface area contributed by atoms with Gasteiger partial charge in [0.15, 0.2) is 0 Å². The summed E-state index contributed by atoms with van der Waals surface area (Å²) in [6, 6.07) is 48.8. The summed E-state index contributed by atoms with van der Waals surface area (Å²) in [6.07, 6.45) is 0. The van der Waals surface area contributed by atoms with Crippen LogP contribution >= 0.6 is 0 Å². The van der Waals surface area contributed by atoms with E-state index in [0.29, 0.717) is 0 Å². The lowest BCUT2D eigenvalue weighted by atomic mass is 10.0. The van der Waals surface area contributed by atoms with E-state index in [2.05, 4.69) is 108 Å². The van der Waals surface area contributed by atoms with Gasteiger partial charge in [0, 0.05) is 47.3 Å². The molecular formula is C35H27N3O2. The zero-order valence-electron chi connectivity index (χ0n) is 22.0. The van der Waals surface area contributed by atoms with E-state index in [1.807, 2.05) is 36.2 Å². The van der Waals surface area contributed by atoms with Crippen LogP contribution in [-0.2, 0) is 0 Å². The minimum atomic E-state index is -0.369. The number of non-ortho nitro benzene ring substituents is 1. The largest absolute Gasteiger partial charge is 0.344 e. The van der Waals surface area contributed by atoms with Gasteiger partial charge in [-0.2, -0.15) is 0 Å². The second kappa shape index (κ2) is 10.8. The third-order valence-electron chi connectivity index (χ3n) is 7.14. The molecule has 5 heteroatoms. The van der Waals surface area contributed by atoms with Gasteiger partial charge in [0.1, 0.15) is 0 Å². The van der Waals surface area contributed by atoms with Crippen LogP contribution in [0, 0.1) is 10.1 Å². The normalized spacial score (nSPS) is 10.8. The van der Waals surface area contributed by atoms with Crippen LogP contribution in [-0.4, -0.2) is 12.0 Å². The molecule has 40 heavy (non-hydrogen) atoms. The van der Waals surface area contributed by atoms with Crippen molar-refractivity contribution in [3.05, 3.63) is 156 Å². The molecular weight excluding hydrogens is 494 g/mol. The van der Waals surface area contributed by atoms with E-state index in [0.717, 1.165) is 45.0 Å². The first-order chi connectivity index (χ1) is 19.6. The van der Waals surface area contributed by atoms with Crippen molar-refractivity contribution in [3.8, 4) is 11.1 Å². The van der Waals surface area contributed by atoms with Crippen LogP contribution in [0.3, 0.4) is 0 Å². The fourth-order valence-electron chi connectivity index (χ4n) is 5.08. The Balaban J connectivity index is 1.44. The van der Waals surface area contributed by atoms with Crippen molar-refractivity contribution in [2.45, 2.75) is 0 Å². The molecule has 0 amide bonds. The second-order valence-electron chi connectivity index (χ2n) is 9.60. The predicted molar refractivity (Wildman–Crippen MR) is 165 cm³/mol. The van der Waals surface area contributed by atoms with Crippen molar-refractivity contribution in [1.82, 2.24) is 0 Å². The van der Waals surface area contributed by atoms with Crippen LogP contribution < -0.4 is 9.80 Å². The lowest BCUT2D eigenvalue weighted by molar-refractivity contribution is -0.384. The third-order valence-corrected chi connectivity index (χ3v) is 7.14. The summed E-state index contributed by atoms with van der Waals surface area (Å²) < 4.78 is 0. The molecule has 0 spiro atoms. The maximum absolute atomic E-state index is 11.3. The number of nitro groups is 1. The van der Waals surface area contributed by atoms with Gasteiger partial charge in [0.25, 0.3) is 5.69 Å². The van der Waals surface area contributed by atoms with E-state index >= 15 is 0 Å². The summed E-state index contributed by atoms with van der Waals surface area (Å²) in [5, 5.41) is 13.6. The monoisotopic (exact) mass is 521 g/mol. The molecule has 5 nitrogen and oxygen atoms in total. The Morgan fingerprint density at radius 1 is 0.550 bits per heavy atom. The maximum Gasteiger partial charge on any atom is 0.271 e. The van der Waals surface area contributed by atoms with E-state index in [1.54, 1.807) is 12.1 Å². The van der Waals surface area contributed by atoms with E-state index in [1.165, 1.54) is 11.5 Å². The maximum atomic E-state index is 11.3. The Morgan fingerprint density at radius 2 is 1.18 bits per heavy atom. The molecule has 6 aromatic carbocycles. The number of hydrogen-bond donors (Lipinski definition) is 0. The molecule has 0 aromatic heterocycles. The standard InChI is InChI=1S/C35H27N3O2/c1-36(31-15-9-17-33(25-31)38(39)40)29-20-22-30(23-21-29)37(35-19-8-13-27-12-5-6-18-34(27)35)32-16-7-14-28(24-32)26-10-3-2-4-11-26/h2-25H,1H3. The van der Waals surface area contributed by atoms with E-state index in [4.69, 9.17) is 0 Å². The SMILES string of the molecule is CN(c1ccc(N(c2cccc(-c3ccccc3)c2)c2cccc3ccccc23)cc1)c1cccc([N+](=O)[O-])c1. The Bertz CT molecular complexity index is 1790. The van der Waals surface area contributed by atoms with Gasteiger partial charge in [-0.15, -0.1) is 0 Å². The molecule has 0 aliphatic heterocycles. The number of hydrogen-bond acceptors (Lipinski definition) is 4.